The van der Waals surface area contributed by atoms with Gasteiger partial charge in [0, 0.05) is 22.9 Å². The number of Topliss-reactive ketones (excluding diaryl/α,β-unsaturated/α-hetero) is 1. The number of hydrogen-bond donors (Lipinski definition) is 0. The average Bonchev–Trinajstić information content (AvgIpc) is 2.16. The van der Waals surface area contributed by atoms with E-state index in [0.717, 1.165) is 0 Å². The van der Waals surface area contributed by atoms with Crippen LogP contribution in [0.4, 0.5) is 0 Å². The van der Waals surface area contributed by atoms with Crippen LogP contribution in [0.1, 0.15) is 19.8 Å². The normalized spacial score (nSPS) is 10.1. The first kappa shape index (κ1) is 12.3. The van der Waals surface area contributed by atoms with Gasteiger partial charge < -0.3 is 4.74 Å². The van der Waals surface area contributed by atoms with Crippen LogP contribution < -0.4 is 4.74 Å². The Morgan fingerprint density at radius 2 is 1.87 bits per heavy atom. The second kappa shape index (κ2) is 5.99. The van der Waals surface area contributed by atoms with E-state index in [9.17, 15) is 4.79 Å². The van der Waals surface area contributed by atoms with Crippen molar-refractivity contribution < 1.29 is 9.53 Å². The molecule has 1 aromatic rings. The standard InChI is InChI=1S/C11H12Cl2O2/c1-2-10(14)3-4-15-11-6-8(12)5-9(13)7-11/h5-7H,2-4H2,1H3. The molecule has 0 fully saturated rings. The lowest BCUT2D eigenvalue weighted by Gasteiger charge is -2.06. The first-order chi connectivity index (χ1) is 7.11. The van der Waals surface area contributed by atoms with Crippen LogP contribution in [0.3, 0.4) is 0 Å². The molecule has 0 saturated heterocycles. The van der Waals surface area contributed by atoms with Crippen molar-refractivity contribution >= 4 is 29.0 Å². The second-order valence-electron chi connectivity index (χ2n) is 3.10. The van der Waals surface area contributed by atoms with E-state index in [1.807, 2.05) is 6.92 Å². The van der Waals surface area contributed by atoms with Gasteiger partial charge in [-0.1, -0.05) is 30.1 Å². The van der Waals surface area contributed by atoms with Crippen molar-refractivity contribution in [1.29, 1.82) is 0 Å². The first-order valence-electron chi connectivity index (χ1n) is 4.72. The molecule has 15 heavy (non-hydrogen) atoms. The minimum atomic E-state index is 0.183. The number of ether oxygens (including phenoxy) is 1. The summed E-state index contributed by atoms with van der Waals surface area (Å²) in [6, 6.07) is 4.97. The Labute approximate surface area is 99.1 Å². The number of hydrogen-bond acceptors (Lipinski definition) is 2. The Morgan fingerprint density at radius 3 is 2.40 bits per heavy atom. The molecule has 0 aromatic heterocycles. The van der Waals surface area contributed by atoms with E-state index < -0.39 is 0 Å². The topological polar surface area (TPSA) is 26.3 Å². The molecular weight excluding hydrogens is 235 g/mol. The lowest BCUT2D eigenvalue weighted by Crippen LogP contribution is -2.04. The lowest BCUT2D eigenvalue weighted by molar-refractivity contribution is -0.119. The number of carbonyl (C=O) groups is 1. The van der Waals surface area contributed by atoms with Crippen molar-refractivity contribution in [1.82, 2.24) is 0 Å². The molecule has 2 nitrogen and oxygen atoms in total. The Bertz CT molecular complexity index is 330. The van der Waals surface area contributed by atoms with Gasteiger partial charge >= 0.3 is 0 Å². The van der Waals surface area contributed by atoms with Crippen LogP contribution in [0.25, 0.3) is 0 Å². The van der Waals surface area contributed by atoms with Gasteiger partial charge in [0.2, 0.25) is 0 Å². The van der Waals surface area contributed by atoms with Crippen molar-refractivity contribution in [3.63, 3.8) is 0 Å². The van der Waals surface area contributed by atoms with Gasteiger partial charge in [-0.05, 0) is 18.2 Å². The molecular formula is C11H12Cl2O2. The molecule has 0 radical (unpaired) electrons. The minimum Gasteiger partial charge on any atom is -0.493 e. The predicted molar refractivity (Wildman–Crippen MR) is 61.9 cm³/mol. The van der Waals surface area contributed by atoms with Crippen LogP contribution in [0.2, 0.25) is 10.0 Å². The van der Waals surface area contributed by atoms with E-state index >= 15 is 0 Å². The average molecular weight is 247 g/mol. The summed E-state index contributed by atoms with van der Waals surface area (Å²) in [5, 5.41) is 1.05. The highest BCUT2D eigenvalue weighted by Gasteiger charge is 2.01. The third-order valence-corrected chi connectivity index (χ3v) is 2.32. The maximum absolute atomic E-state index is 11.0. The van der Waals surface area contributed by atoms with E-state index in [1.165, 1.54) is 0 Å². The zero-order valence-electron chi connectivity index (χ0n) is 8.43. The first-order valence-corrected chi connectivity index (χ1v) is 5.48. The summed E-state index contributed by atoms with van der Waals surface area (Å²) in [6.45, 7) is 2.20. The summed E-state index contributed by atoms with van der Waals surface area (Å²) in [7, 11) is 0. The molecule has 0 amide bonds. The molecule has 0 saturated carbocycles. The molecule has 0 aliphatic rings. The predicted octanol–water partition coefficient (Wildman–Crippen LogP) is 3.74. The fourth-order valence-corrected chi connectivity index (χ4v) is 1.58. The van der Waals surface area contributed by atoms with Gasteiger partial charge in [0.1, 0.15) is 11.5 Å². The molecule has 0 aliphatic heterocycles. The van der Waals surface area contributed by atoms with E-state index in [2.05, 4.69) is 0 Å². The SMILES string of the molecule is CCC(=O)CCOc1cc(Cl)cc(Cl)c1. The van der Waals surface area contributed by atoms with Crippen molar-refractivity contribution in [2.75, 3.05) is 6.61 Å². The quantitative estimate of drug-likeness (QED) is 0.792. The smallest absolute Gasteiger partial charge is 0.136 e. The van der Waals surface area contributed by atoms with Gasteiger partial charge in [-0.2, -0.15) is 0 Å². The molecule has 1 rings (SSSR count). The zero-order chi connectivity index (χ0) is 11.3. The molecule has 0 unspecified atom stereocenters. The highest BCUT2D eigenvalue weighted by atomic mass is 35.5. The minimum absolute atomic E-state index is 0.183. The maximum Gasteiger partial charge on any atom is 0.136 e. The van der Waals surface area contributed by atoms with Gasteiger partial charge in [-0.25, -0.2) is 0 Å². The molecule has 0 aliphatic carbocycles. The number of halogens is 2. The van der Waals surface area contributed by atoms with Crippen molar-refractivity contribution in [2.45, 2.75) is 19.8 Å². The van der Waals surface area contributed by atoms with E-state index in [4.69, 9.17) is 27.9 Å². The molecule has 4 heteroatoms. The van der Waals surface area contributed by atoms with Crippen LogP contribution >= 0.6 is 23.2 Å². The lowest BCUT2D eigenvalue weighted by atomic mass is 10.2. The van der Waals surface area contributed by atoms with E-state index in [0.29, 0.717) is 35.2 Å². The summed E-state index contributed by atoms with van der Waals surface area (Å²) >= 11 is 11.6. The number of benzene rings is 1. The van der Waals surface area contributed by atoms with Crippen molar-refractivity contribution in [2.24, 2.45) is 0 Å². The Kier molecular flexibility index (Phi) is 4.92. The fraction of sp³-hybridized carbons (Fsp3) is 0.364. The van der Waals surface area contributed by atoms with Gasteiger partial charge in [0.15, 0.2) is 0 Å². The highest BCUT2D eigenvalue weighted by Crippen LogP contribution is 2.24. The van der Waals surface area contributed by atoms with Gasteiger partial charge in [0.05, 0.1) is 6.61 Å². The monoisotopic (exact) mass is 246 g/mol. The number of rotatable bonds is 5. The molecule has 82 valence electrons. The Morgan fingerprint density at radius 1 is 1.27 bits per heavy atom. The fourth-order valence-electron chi connectivity index (χ4n) is 1.07. The summed E-state index contributed by atoms with van der Waals surface area (Å²) in [6.07, 6.45) is 0.959. The van der Waals surface area contributed by atoms with Crippen LogP contribution in [-0.4, -0.2) is 12.4 Å². The zero-order valence-corrected chi connectivity index (χ0v) is 9.94. The van der Waals surface area contributed by atoms with Gasteiger partial charge in [0.25, 0.3) is 0 Å². The Hall–Kier alpha value is -0.730. The molecule has 0 N–H and O–H groups in total. The summed E-state index contributed by atoms with van der Waals surface area (Å²) in [4.78, 5) is 11.0. The van der Waals surface area contributed by atoms with Crippen molar-refractivity contribution in [3.8, 4) is 5.75 Å². The third-order valence-electron chi connectivity index (χ3n) is 1.88. The maximum atomic E-state index is 11.0. The van der Waals surface area contributed by atoms with Crippen molar-refractivity contribution in [3.05, 3.63) is 28.2 Å². The second-order valence-corrected chi connectivity index (χ2v) is 3.97. The summed E-state index contributed by atoms with van der Waals surface area (Å²) in [5.74, 6) is 0.777. The summed E-state index contributed by atoms with van der Waals surface area (Å²) in [5.41, 5.74) is 0. The molecule has 0 bridgehead atoms. The highest BCUT2D eigenvalue weighted by molar-refractivity contribution is 6.34. The largest absolute Gasteiger partial charge is 0.493 e. The Balaban J connectivity index is 2.47. The summed E-state index contributed by atoms with van der Waals surface area (Å²) < 4.78 is 5.35. The van der Waals surface area contributed by atoms with Crippen LogP contribution in [-0.2, 0) is 4.79 Å². The van der Waals surface area contributed by atoms with Crippen LogP contribution in [0.5, 0.6) is 5.75 Å². The van der Waals surface area contributed by atoms with E-state index in [1.54, 1.807) is 18.2 Å². The van der Waals surface area contributed by atoms with E-state index in [-0.39, 0.29) is 5.78 Å². The number of carbonyl (C=O) groups excluding carboxylic acids is 1. The van der Waals surface area contributed by atoms with Crippen LogP contribution in [0, 0.1) is 0 Å². The third kappa shape index (κ3) is 4.54. The molecule has 0 heterocycles. The molecule has 0 atom stereocenters. The van der Waals surface area contributed by atoms with Gasteiger partial charge in [-0.3, -0.25) is 4.79 Å². The molecule has 0 spiro atoms. The van der Waals surface area contributed by atoms with Crippen LogP contribution in [0.15, 0.2) is 18.2 Å². The van der Waals surface area contributed by atoms with Gasteiger partial charge in [-0.15, -0.1) is 0 Å². The molecule has 1 aromatic carbocycles. The number of ketones is 1.